The Balaban J connectivity index is 1.61. The van der Waals surface area contributed by atoms with Crippen LogP contribution in [0.1, 0.15) is 55.2 Å². The Labute approximate surface area is 236 Å². The predicted octanol–water partition coefficient (Wildman–Crippen LogP) is 5.86. The third kappa shape index (κ3) is 7.84. The Hall–Kier alpha value is -3.87. The van der Waals surface area contributed by atoms with Gasteiger partial charge >= 0.3 is 0 Å². The van der Waals surface area contributed by atoms with E-state index in [0.29, 0.717) is 29.9 Å². The molecule has 0 aliphatic heterocycles. The van der Waals surface area contributed by atoms with Gasteiger partial charge in [-0.2, -0.15) is 0 Å². The van der Waals surface area contributed by atoms with E-state index in [9.17, 15) is 14.0 Å². The Morgan fingerprint density at radius 1 is 0.900 bits per heavy atom. The minimum absolute atomic E-state index is 0.00697. The van der Waals surface area contributed by atoms with Gasteiger partial charge in [-0.05, 0) is 48.6 Å². The maximum atomic E-state index is 14.8. The number of ether oxygens (including phenoxy) is 2. The molecular formula is C33H39FN2O4. The minimum Gasteiger partial charge on any atom is -0.493 e. The number of nitrogens with one attached hydrogen (secondary N) is 1. The smallest absolute Gasteiger partial charge is 0.243 e. The van der Waals surface area contributed by atoms with Gasteiger partial charge in [0.1, 0.15) is 11.9 Å². The Morgan fingerprint density at radius 3 is 2.30 bits per heavy atom. The van der Waals surface area contributed by atoms with Gasteiger partial charge in [0.2, 0.25) is 11.8 Å². The number of nitrogens with zero attached hydrogens (tertiary/aromatic N) is 1. The summed E-state index contributed by atoms with van der Waals surface area (Å²) in [4.78, 5) is 29.3. The second-order valence-electron chi connectivity index (χ2n) is 10.4. The van der Waals surface area contributed by atoms with Crippen molar-refractivity contribution in [1.29, 1.82) is 0 Å². The van der Waals surface area contributed by atoms with E-state index in [1.807, 2.05) is 48.5 Å². The first kappa shape index (κ1) is 29.1. The summed E-state index contributed by atoms with van der Waals surface area (Å²) in [6.45, 7) is 0.00697. The molecule has 1 fully saturated rings. The predicted molar refractivity (Wildman–Crippen MR) is 154 cm³/mol. The average Bonchev–Trinajstić information content (AvgIpc) is 2.99. The van der Waals surface area contributed by atoms with Gasteiger partial charge < -0.3 is 19.7 Å². The molecule has 1 saturated carbocycles. The third-order valence-electron chi connectivity index (χ3n) is 7.60. The number of benzene rings is 3. The molecule has 40 heavy (non-hydrogen) atoms. The van der Waals surface area contributed by atoms with Crippen molar-refractivity contribution in [3.8, 4) is 11.5 Å². The molecule has 0 unspecified atom stereocenters. The van der Waals surface area contributed by atoms with Crippen LogP contribution >= 0.6 is 0 Å². The number of hydrogen-bond donors (Lipinski definition) is 1. The van der Waals surface area contributed by atoms with Gasteiger partial charge in [-0.15, -0.1) is 0 Å². The number of rotatable bonds is 12. The molecule has 0 spiro atoms. The lowest BCUT2D eigenvalue weighted by Crippen LogP contribution is -2.53. The van der Waals surface area contributed by atoms with Crippen molar-refractivity contribution in [3.05, 3.63) is 95.3 Å². The fourth-order valence-electron chi connectivity index (χ4n) is 5.34. The van der Waals surface area contributed by atoms with Crippen LogP contribution in [0, 0.1) is 5.82 Å². The molecule has 2 amide bonds. The number of carbonyl (C=O) groups excluding carboxylic acids is 2. The van der Waals surface area contributed by atoms with Crippen molar-refractivity contribution in [2.24, 2.45) is 0 Å². The molecule has 7 heteroatoms. The number of aryl methyl sites for hydroxylation is 1. The fraction of sp³-hybridized carbons (Fsp3) is 0.394. The Morgan fingerprint density at radius 2 is 1.60 bits per heavy atom. The van der Waals surface area contributed by atoms with Crippen LogP contribution < -0.4 is 14.8 Å². The highest BCUT2D eigenvalue weighted by atomic mass is 19.1. The second kappa shape index (κ2) is 14.5. The molecule has 1 N–H and O–H groups in total. The van der Waals surface area contributed by atoms with E-state index in [-0.39, 0.29) is 30.8 Å². The monoisotopic (exact) mass is 546 g/mol. The second-order valence-corrected chi connectivity index (χ2v) is 10.4. The highest BCUT2D eigenvalue weighted by Gasteiger charge is 2.32. The van der Waals surface area contributed by atoms with E-state index < -0.39 is 11.9 Å². The van der Waals surface area contributed by atoms with Gasteiger partial charge in [0.25, 0.3) is 0 Å². The summed E-state index contributed by atoms with van der Waals surface area (Å²) in [7, 11) is 3.15. The first-order valence-corrected chi connectivity index (χ1v) is 14.1. The van der Waals surface area contributed by atoms with Crippen LogP contribution in [0.25, 0.3) is 0 Å². The van der Waals surface area contributed by atoms with Crippen LogP contribution in [0.15, 0.2) is 72.8 Å². The standard InChI is InChI=1S/C33H39FN2O4/c1-39-30-19-17-25(22-31(30)40-2)18-20-32(37)36(23-26-13-9-10-16-28(26)34)29(21-24-11-5-3-6-12-24)33(38)35-27-14-7-4-8-15-27/h3,5-6,9-13,16-17,19,22,27,29H,4,7-8,14-15,18,20-21,23H2,1-2H3,(H,35,38)/t29-/m1/s1. The van der Waals surface area contributed by atoms with Crippen molar-refractivity contribution in [2.45, 2.75) is 70.0 Å². The van der Waals surface area contributed by atoms with Gasteiger partial charge in [-0.1, -0.05) is 73.9 Å². The summed E-state index contributed by atoms with van der Waals surface area (Å²) in [5, 5.41) is 3.22. The molecule has 1 aliphatic carbocycles. The summed E-state index contributed by atoms with van der Waals surface area (Å²) in [6.07, 6.45) is 6.15. The number of halogens is 1. The van der Waals surface area contributed by atoms with Crippen LogP contribution in [0.4, 0.5) is 4.39 Å². The molecule has 3 aromatic carbocycles. The summed E-state index contributed by atoms with van der Waals surface area (Å²) in [5.74, 6) is 0.404. The molecule has 6 nitrogen and oxygen atoms in total. The van der Waals surface area contributed by atoms with Crippen LogP contribution in [-0.4, -0.2) is 43.0 Å². The molecule has 0 bridgehead atoms. The molecule has 1 atom stereocenters. The van der Waals surface area contributed by atoms with Crippen LogP contribution in [-0.2, 0) is 29.0 Å². The first-order chi connectivity index (χ1) is 19.5. The highest BCUT2D eigenvalue weighted by Crippen LogP contribution is 2.28. The number of amides is 2. The molecular weight excluding hydrogens is 507 g/mol. The highest BCUT2D eigenvalue weighted by molar-refractivity contribution is 5.88. The van der Waals surface area contributed by atoms with E-state index in [1.54, 1.807) is 37.3 Å². The van der Waals surface area contributed by atoms with Crippen LogP contribution in [0.5, 0.6) is 11.5 Å². The van der Waals surface area contributed by atoms with Crippen molar-refractivity contribution in [2.75, 3.05) is 14.2 Å². The van der Waals surface area contributed by atoms with Gasteiger partial charge in [0.15, 0.2) is 11.5 Å². The van der Waals surface area contributed by atoms with Crippen LogP contribution in [0.3, 0.4) is 0 Å². The van der Waals surface area contributed by atoms with Gasteiger partial charge in [0, 0.05) is 31.0 Å². The largest absolute Gasteiger partial charge is 0.493 e. The third-order valence-corrected chi connectivity index (χ3v) is 7.60. The molecule has 0 saturated heterocycles. The van der Waals surface area contributed by atoms with Gasteiger partial charge in [-0.3, -0.25) is 9.59 Å². The number of methoxy groups -OCH3 is 2. The lowest BCUT2D eigenvalue weighted by Gasteiger charge is -2.33. The number of hydrogen-bond acceptors (Lipinski definition) is 4. The van der Waals surface area contributed by atoms with Gasteiger partial charge in [-0.25, -0.2) is 4.39 Å². The van der Waals surface area contributed by atoms with E-state index >= 15 is 0 Å². The zero-order valence-corrected chi connectivity index (χ0v) is 23.4. The molecule has 0 radical (unpaired) electrons. The normalized spacial score (nSPS) is 14.3. The van der Waals surface area contributed by atoms with Crippen molar-refractivity contribution >= 4 is 11.8 Å². The van der Waals surface area contributed by atoms with Crippen molar-refractivity contribution in [3.63, 3.8) is 0 Å². The van der Waals surface area contributed by atoms with Crippen molar-refractivity contribution in [1.82, 2.24) is 10.2 Å². The maximum Gasteiger partial charge on any atom is 0.243 e. The quantitative estimate of drug-likeness (QED) is 0.309. The Kier molecular flexibility index (Phi) is 10.6. The lowest BCUT2D eigenvalue weighted by molar-refractivity contribution is -0.141. The minimum atomic E-state index is -0.776. The van der Waals surface area contributed by atoms with E-state index in [0.717, 1.165) is 36.8 Å². The summed E-state index contributed by atoms with van der Waals surface area (Å²) >= 11 is 0. The first-order valence-electron chi connectivity index (χ1n) is 14.1. The topological polar surface area (TPSA) is 67.9 Å². The van der Waals surface area contributed by atoms with Crippen molar-refractivity contribution < 1.29 is 23.5 Å². The molecule has 3 aromatic rings. The summed E-state index contributed by atoms with van der Waals surface area (Å²) in [5.41, 5.74) is 2.23. The molecule has 0 aromatic heterocycles. The Bertz CT molecular complexity index is 1260. The molecule has 1 aliphatic rings. The summed E-state index contributed by atoms with van der Waals surface area (Å²) < 4.78 is 25.6. The van der Waals surface area contributed by atoms with Crippen LogP contribution in [0.2, 0.25) is 0 Å². The zero-order valence-electron chi connectivity index (χ0n) is 23.4. The molecule has 0 heterocycles. The molecule has 4 rings (SSSR count). The van der Waals surface area contributed by atoms with Gasteiger partial charge in [0.05, 0.1) is 14.2 Å². The average molecular weight is 547 g/mol. The maximum absolute atomic E-state index is 14.8. The van der Waals surface area contributed by atoms with E-state index in [2.05, 4.69) is 5.32 Å². The zero-order chi connectivity index (χ0) is 28.3. The van der Waals surface area contributed by atoms with E-state index in [4.69, 9.17) is 9.47 Å². The summed E-state index contributed by atoms with van der Waals surface area (Å²) in [6, 6.07) is 21.0. The fourth-order valence-corrected chi connectivity index (χ4v) is 5.34. The SMILES string of the molecule is COc1ccc(CCC(=O)N(Cc2ccccc2F)[C@H](Cc2ccccc2)C(=O)NC2CCCCC2)cc1OC. The number of carbonyl (C=O) groups is 2. The van der Waals surface area contributed by atoms with E-state index in [1.165, 1.54) is 12.5 Å². The lowest BCUT2D eigenvalue weighted by atomic mass is 9.94. The molecule has 212 valence electrons.